The van der Waals surface area contributed by atoms with E-state index in [4.69, 9.17) is 19.7 Å². The van der Waals surface area contributed by atoms with E-state index >= 15 is 0 Å². The molecule has 3 aromatic rings. The minimum atomic E-state index is 0.0498. The van der Waals surface area contributed by atoms with Crippen molar-refractivity contribution in [2.45, 2.75) is 13.1 Å². The van der Waals surface area contributed by atoms with Crippen molar-refractivity contribution in [1.82, 2.24) is 10.6 Å². The predicted molar refractivity (Wildman–Crippen MR) is 121 cm³/mol. The van der Waals surface area contributed by atoms with Crippen molar-refractivity contribution in [2.75, 3.05) is 52.7 Å². The number of hydrogen-bond donors (Lipinski definition) is 4. The lowest BCUT2D eigenvalue weighted by molar-refractivity contribution is 0.0936. The number of fused-ring (bicyclic) bond motifs is 2. The van der Waals surface area contributed by atoms with Crippen LogP contribution in [0, 0.1) is 0 Å². The summed E-state index contributed by atoms with van der Waals surface area (Å²) in [6.45, 7) is 4.96. The summed E-state index contributed by atoms with van der Waals surface area (Å²) in [5.41, 5.74) is 2.54. The lowest BCUT2D eigenvalue weighted by Crippen LogP contribution is -2.23. The Morgan fingerprint density at radius 1 is 0.667 bits per heavy atom. The molecule has 162 valence electrons. The number of hydrogen-bond acceptors (Lipinski definition) is 6. The normalized spacial score (nSPS) is 11.5. The molecule has 0 amide bonds. The number of ether oxygens (including phenoxy) is 2. The van der Waals surface area contributed by atoms with Gasteiger partial charge in [-0.3, -0.25) is 0 Å². The second-order valence-corrected chi connectivity index (χ2v) is 7.15. The molecule has 0 fully saturated rings. The van der Waals surface area contributed by atoms with Crippen LogP contribution in [0.5, 0.6) is 0 Å². The van der Waals surface area contributed by atoms with Crippen LogP contribution in [0.2, 0.25) is 0 Å². The Morgan fingerprint density at radius 3 is 1.97 bits per heavy atom. The Hall–Kier alpha value is -2.06. The third-order valence-corrected chi connectivity index (χ3v) is 5.03. The van der Waals surface area contributed by atoms with Gasteiger partial charge in [0.1, 0.15) is 0 Å². The monoisotopic (exact) mass is 412 g/mol. The highest BCUT2D eigenvalue weighted by molar-refractivity contribution is 6.00. The molecular formula is C24H32N2O4. The topological polar surface area (TPSA) is 83.0 Å². The molecule has 0 aliphatic heterocycles. The highest BCUT2D eigenvalue weighted by Gasteiger charge is 2.09. The van der Waals surface area contributed by atoms with Crippen LogP contribution >= 0.6 is 0 Å². The van der Waals surface area contributed by atoms with E-state index in [0.29, 0.717) is 26.4 Å². The Bertz CT molecular complexity index is 916. The molecule has 0 spiro atoms. The van der Waals surface area contributed by atoms with Crippen LogP contribution < -0.4 is 10.6 Å². The van der Waals surface area contributed by atoms with Crippen molar-refractivity contribution < 1.29 is 19.7 Å². The maximum Gasteiger partial charge on any atom is 0.0698 e. The maximum absolute atomic E-state index is 8.82. The second-order valence-electron chi connectivity index (χ2n) is 7.15. The summed E-state index contributed by atoms with van der Waals surface area (Å²) < 4.78 is 10.7. The molecular weight excluding hydrogens is 380 g/mol. The zero-order valence-electron chi connectivity index (χ0n) is 17.4. The minimum absolute atomic E-state index is 0.0498. The molecule has 6 nitrogen and oxygen atoms in total. The first-order chi connectivity index (χ1) is 14.8. The third kappa shape index (κ3) is 6.47. The maximum atomic E-state index is 8.82. The number of aliphatic hydroxyl groups is 2. The van der Waals surface area contributed by atoms with E-state index in [1.165, 1.54) is 32.7 Å². The molecule has 30 heavy (non-hydrogen) atoms. The fourth-order valence-electron chi connectivity index (χ4n) is 3.55. The van der Waals surface area contributed by atoms with Crippen LogP contribution in [0.25, 0.3) is 21.5 Å². The van der Waals surface area contributed by atoms with E-state index in [2.05, 4.69) is 59.2 Å². The molecule has 4 N–H and O–H groups in total. The zero-order chi connectivity index (χ0) is 21.0. The summed E-state index contributed by atoms with van der Waals surface area (Å²) in [6, 6.07) is 17.3. The van der Waals surface area contributed by atoms with Gasteiger partial charge in [-0.1, -0.05) is 36.4 Å². The molecule has 0 heterocycles. The lowest BCUT2D eigenvalue weighted by Gasteiger charge is -2.16. The first-order valence-electron chi connectivity index (χ1n) is 10.6. The fourth-order valence-corrected chi connectivity index (χ4v) is 3.55. The molecule has 0 unspecified atom stereocenters. The van der Waals surface area contributed by atoms with Gasteiger partial charge < -0.3 is 30.3 Å². The van der Waals surface area contributed by atoms with E-state index in [1.54, 1.807) is 0 Å². The molecule has 0 saturated heterocycles. The van der Waals surface area contributed by atoms with E-state index in [0.717, 1.165) is 26.2 Å². The molecule has 0 aliphatic carbocycles. The van der Waals surface area contributed by atoms with Crippen LogP contribution in [0.15, 0.2) is 48.5 Å². The minimum Gasteiger partial charge on any atom is -0.394 e. The zero-order valence-corrected chi connectivity index (χ0v) is 17.4. The summed E-state index contributed by atoms with van der Waals surface area (Å²) >= 11 is 0. The van der Waals surface area contributed by atoms with Gasteiger partial charge in [0.15, 0.2) is 0 Å². The fraction of sp³-hybridized carbons (Fsp3) is 0.417. The molecule has 0 atom stereocenters. The Morgan fingerprint density at radius 2 is 1.30 bits per heavy atom. The van der Waals surface area contributed by atoms with Crippen molar-refractivity contribution in [3.8, 4) is 0 Å². The second kappa shape index (κ2) is 12.6. The van der Waals surface area contributed by atoms with Crippen molar-refractivity contribution in [1.29, 1.82) is 0 Å². The number of aliphatic hydroxyl groups excluding tert-OH is 2. The van der Waals surface area contributed by atoms with Gasteiger partial charge in [-0.15, -0.1) is 0 Å². The van der Waals surface area contributed by atoms with Gasteiger partial charge in [-0.05, 0) is 44.8 Å². The van der Waals surface area contributed by atoms with Gasteiger partial charge in [-0.2, -0.15) is 0 Å². The predicted octanol–water partition coefficient (Wildman–Crippen LogP) is 2.19. The first kappa shape index (κ1) is 22.6. The average molecular weight is 413 g/mol. The van der Waals surface area contributed by atoms with Gasteiger partial charge in [0, 0.05) is 26.2 Å². The van der Waals surface area contributed by atoms with E-state index in [9.17, 15) is 0 Å². The average Bonchev–Trinajstić information content (AvgIpc) is 2.77. The number of rotatable bonds is 14. The molecule has 3 aromatic carbocycles. The largest absolute Gasteiger partial charge is 0.394 e. The molecule has 0 aromatic heterocycles. The standard InChI is InChI=1S/C24H32N2O4/c27-9-13-29-11-7-25-17-22-6-5-21-15-19-3-1-2-4-20(19)16-23(21)24(22)18-26-8-12-30-14-10-28/h1-6,15-16,25-28H,7-14,17-18H2. The summed E-state index contributed by atoms with van der Waals surface area (Å²) in [5, 5.41) is 29.5. The van der Waals surface area contributed by atoms with E-state index in [1.807, 2.05) is 0 Å². The van der Waals surface area contributed by atoms with Crippen LogP contribution in [-0.4, -0.2) is 62.9 Å². The quantitative estimate of drug-likeness (QED) is 0.240. The molecule has 0 saturated carbocycles. The van der Waals surface area contributed by atoms with Gasteiger partial charge in [-0.25, -0.2) is 0 Å². The van der Waals surface area contributed by atoms with Crippen LogP contribution in [-0.2, 0) is 22.6 Å². The summed E-state index contributed by atoms with van der Waals surface area (Å²) in [5.74, 6) is 0. The van der Waals surface area contributed by atoms with Crippen LogP contribution in [0.4, 0.5) is 0 Å². The SMILES string of the molecule is OCCOCCNCc1ccc2cc3ccccc3cc2c1CNCCOCCO. The number of benzene rings is 3. The van der Waals surface area contributed by atoms with Crippen molar-refractivity contribution in [3.05, 3.63) is 59.7 Å². The molecule has 0 radical (unpaired) electrons. The van der Waals surface area contributed by atoms with Crippen molar-refractivity contribution >= 4 is 21.5 Å². The van der Waals surface area contributed by atoms with E-state index < -0.39 is 0 Å². The summed E-state index contributed by atoms with van der Waals surface area (Å²) in [6.07, 6.45) is 0. The summed E-state index contributed by atoms with van der Waals surface area (Å²) in [7, 11) is 0. The molecule has 6 heteroatoms. The molecule has 0 bridgehead atoms. The van der Waals surface area contributed by atoms with Gasteiger partial charge >= 0.3 is 0 Å². The Labute approximate surface area is 177 Å². The number of nitrogens with one attached hydrogen (secondary N) is 2. The lowest BCUT2D eigenvalue weighted by atomic mass is 9.95. The Kier molecular flexibility index (Phi) is 9.50. The highest BCUT2D eigenvalue weighted by atomic mass is 16.5. The van der Waals surface area contributed by atoms with Crippen LogP contribution in [0.3, 0.4) is 0 Å². The molecule has 0 aliphatic rings. The molecule has 3 rings (SSSR count). The smallest absolute Gasteiger partial charge is 0.0698 e. The van der Waals surface area contributed by atoms with Gasteiger partial charge in [0.2, 0.25) is 0 Å². The third-order valence-electron chi connectivity index (χ3n) is 5.03. The van der Waals surface area contributed by atoms with Crippen molar-refractivity contribution in [2.24, 2.45) is 0 Å². The van der Waals surface area contributed by atoms with Gasteiger partial charge in [0.05, 0.1) is 39.6 Å². The van der Waals surface area contributed by atoms with Gasteiger partial charge in [0.25, 0.3) is 0 Å². The summed E-state index contributed by atoms with van der Waals surface area (Å²) in [4.78, 5) is 0. The Balaban J connectivity index is 1.75. The first-order valence-corrected chi connectivity index (χ1v) is 10.6. The van der Waals surface area contributed by atoms with Crippen molar-refractivity contribution in [3.63, 3.8) is 0 Å². The van der Waals surface area contributed by atoms with E-state index in [-0.39, 0.29) is 13.2 Å². The highest BCUT2D eigenvalue weighted by Crippen LogP contribution is 2.28. The van der Waals surface area contributed by atoms with Crippen LogP contribution in [0.1, 0.15) is 11.1 Å².